The Morgan fingerprint density at radius 2 is 2.23 bits per heavy atom. The number of thioether (sulfide) groups is 1. The number of furan rings is 1. The molecule has 0 fully saturated rings. The average molecular weight is 394 g/mol. The lowest BCUT2D eigenvalue weighted by atomic mass is 10.3. The van der Waals surface area contributed by atoms with Gasteiger partial charge >= 0.3 is 0 Å². The molecule has 136 valence electrons. The first-order valence-corrected chi connectivity index (χ1v) is 8.80. The largest absolute Gasteiger partial charge is 0.495 e. The summed E-state index contributed by atoms with van der Waals surface area (Å²) in [5, 5.41) is 11.1. The number of carbonyl (C=O) groups is 1. The lowest BCUT2D eigenvalue weighted by Crippen LogP contribution is -2.23. The van der Waals surface area contributed by atoms with E-state index in [1.165, 1.54) is 29.8 Å². The summed E-state index contributed by atoms with van der Waals surface area (Å²) in [6.45, 7) is 1.74. The molecule has 2 heterocycles. The molecular weight excluding hydrogens is 378 g/mol. The van der Waals surface area contributed by atoms with Crippen molar-refractivity contribution in [3.8, 4) is 17.3 Å². The molecule has 3 aromatic rings. The molecule has 0 aliphatic heterocycles. The third-order valence-corrected chi connectivity index (χ3v) is 4.83. The van der Waals surface area contributed by atoms with Crippen molar-refractivity contribution in [2.24, 2.45) is 0 Å². The summed E-state index contributed by atoms with van der Waals surface area (Å²) in [6, 6.07) is 8.47. The van der Waals surface area contributed by atoms with E-state index in [1.54, 1.807) is 37.3 Å². The van der Waals surface area contributed by atoms with Gasteiger partial charge in [0.25, 0.3) is 0 Å². The van der Waals surface area contributed by atoms with E-state index in [9.17, 15) is 4.79 Å². The third-order valence-electron chi connectivity index (χ3n) is 3.48. The molecule has 1 amide bonds. The molecule has 0 bridgehead atoms. The van der Waals surface area contributed by atoms with Crippen LogP contribution in [0.2, 0.25) is 5.02 Å². The number of anilines is 1. The molecule has 8 nitrogen and oxygen atoms in total. The van der Waals surface area contributed by atoms with Gasteiger partial charge in [0, 0.05) is 5.69 Å². The van der Waals surface area contributed by atoms with Crippen molar-refractivity contribution in [1.82, 2.24) is 14.9 Å². The van der Waals surface area contributed by atoms with Crippen LogP contribution >= 0.6 is 23.4 Å². The molecule has 0 unspecified atom stereocenters. The molecule has 1 atom stereocenters. The van der Waals surface area contributed by atoms with Crippen molar-refractivity contribution in [3.63, 3.8) is 0 Å². The van der Waals surface area contributed by atoms with Crippen LogP contribution in [0.5, 0.6) is 5.75 Å². The maximum atomic E-state index is 12.4. The Balaban J connectivity index is 1.67. The first kappa shape index (κ1) is 18.2. The Bertz CT molecular complexity index is 913. The molecule has 10 heteroatoms. The molecule has 3 rings (SSSR count). The number of methoxy groups -OCH3 is 1. The van der Waals surface area contributed by atoms with Gasteiger partial charge in [-0.15, -0.1) is 10.2 Å². The number of nitrogens with zero attached hydrogens (tertiary/aromatic N) is 3. The van der Waals surface area contributed by atoms with Crippen molar-refractivity contribution in [3.05, 3.63) is 41.6 Å². The van der Waals surface area contributed by atoms with Crippen molar-refractivity contribution >= 4 is 35.0 Å². The Morgan fingerprint density at radius 3 is 2.88 bits per heavy atom. The summed E-state index contributed by atoms with van der Waals surface area (Å²) in [7, 11) is 1.53. The highest BCUT2D eigenvalue weighted by Crippen LogP contribution is 2.29. The fraction of sp³-hybridized carbons (Fsp3) is 0.188. The van der Waals surface area contributed by atoms with Crippen LogP contribution in [-0.2, 0) is 4.79 Å². The Kier molecular flexibility index (Phi) is 5.38. The Hall–Kier alpha value is -2.65. The van der Waals surface area contributed by atoms with Gasteiger partial charge in [-0.3, -0.25) is 4.79 Å². The van der Waals surface area contributed by atoms with Crippen molar-refractivity contribution in [1.29, 1.82) is 0 Å². The van der Waals surface area contributed by atoms with Crippen molar-refractivity contribution in [2.75, 3.05) is 18.3 Å². The number of hydrogen-bond acceptors (Lipinski definition) is 7. The number of nitrogens with one attached hydrogen (secondary N) is 1. The molecule has 0 saturated carbocycles. The number of rotatable bonds is 6. The van der Waals surface area contributed by atoms with Gasteiger partial charge in [0.2, 0.25) is 16.9 Å². The van der Waals surface area contributed by atoms with Gasteiger partial charge in [-0.2, -0.15) is 0 Å². The monoisotopic (exact) mass is 393 g/mol. The number of hydrogen-bond donors (Lipinski definition) is 2. The van der Waals surface area contributed by atoms with Gasteiger partial charge < -0.3 is 20.3 Å². The second kappa shape index (κ2) is 7.71. The van der Waals surface area contributed by atoms with Crippen LogP contribution in [0, 0.1) is 0 Å². The molecule has 26 heavy (non-hydrogen) atoms. The first-order valence-electron chi connectivity index (χ1n) is 7.55. The number of amides is 1. The number of halogens is 1. The Labute approximate surface area is 158 Å². The molecule has 0 spiro atoms. The number of ether oxygens (including phenoxy) is 1. The molecular formula is C16H16ClN5O3S. The van der Waals surface area contributed by atoms with E-state index in [0.717, 1.165) is 0 Å². The first-order chi connectivity index (χ1) is 12.5. The van der Waals surface area contributed by atoms with E-state index in [4.69, 9.17) is 26.6 Å². The molecule has 1 aromatic carbocycles. The number of nitrogens with two attached hydrogens (primary N) is 1. The van der Waals surface area contributed by atoms with Crippen LogP contribution < -0.4 is 15.9 Å². The van der Waals surface area contributed by atoms with E-state index >= 15 is 0 Å². The predicted molar refractivity (Wildman–Crippen MR) is 99.8 cm³/mol. The zero-order valence-electron chi connectivity index (χ0n) is 14.0. The maximum Gasteiger partial charge on any atom is 0.237 e. The highest BCUT2D eigenvalue weighted by Gasteiger charge is 2.21. The Morgan fingerprint density at radius 1 is 1.42 bits per heavy atom. The quantitative estimate of drug-likeness (QED) is 0.489. The van der Waals surface area contributed by atoms with Crippen LogP contribution in [0.15, 0.2) is 46.2 Å². The summed E-state index contributed by atoms with van der Waals surface area (Å²) in [4.78, 5) is 12.4. The SMILES string of the molecule is COc1ccc(NC(=O)[C@@H](C)Sc2nnc(-c3ccco3)n2N)cc1Cl. The molecule has 0 saturated heterocycles. The van der Waals surface area contributed by atoms with Crippen LogP contribution in [0.4, 0.5) is 5.69 Å². The molecule has 0 aliphatic carbocycles. The van der Waals surface area contributed by atoms with Gasteiger partial charge in [0.15, 0.2) is 5.76 Å². The smallest absolute Gasteiger partial charge is 0.237 e. The average Bonchev–Trinajstić information content (AvgIpc) is 3.25. The van der Waals surface area contributed by atoms with Gasteiger partial charge in [-0.25, -0.2) is 4.68 Å². The summed E-state index contributed by atoms with van der Waals surface area (Å²) in [5.74, 6) is 7.19. The second-order valence-electron chi connectivity index (χ2n) is 5.25. The molecule has 3 N–H and O–H groups in total. The lowest BCUT2D eigenvalue weighted by molar-refractivity contribution is -0.115. The maximum absolute atomic E-state index is 12.4. The van der Waals surface area contributed by atoms with E-state index in [1.807, 2.05) is 0 Å². The predicted octanol–water partition coefficient (Wildman–Crippen LogP) is 3.03. The fourth-order valence-corrected chi connectivity index (χ4v) is 3.16. The molecule has 2 aromatic heterocycles. The van der Waals surface area contributed by atoms with Gasteiger partial charge in [-0.05, 0) is 37.3 Å². The lowest BCUT2D eigenvalue weighted by Gasteiger charge is -2.12. The summed E-state index contributed by atoms with van der Waals surface area (Å²) >= 11 is 7.25. The number of aromatic nitrogens is 3. The minimum absolute atomic E-state index is 0.223. The van der Waals surface area contributed by atoms with E-state index in [0.29, 0.717) is 33.2 Å². The summed E-state index contributed by atoms with van der Waals surface area (Å²) in [5.41, 5.74) is 0.568. The number of benzene rings is 1. The van der Waals surface area contributed by atoms with E-state index in [-0.39, 0.29) is 5.91 Å². The van der Waals surface area contributed by atoms with E-state index < -0.39 is 5.25 Å². The minimum atomic E-state index is -0.466. The van der Waals surface area contributed by atoms with E-state index in [2.05, 4.69) is 15.5 Å². The number of carbonyl (C=O) groups excluding carboxylic acids is 1. The third kappa shape index (κ3) is 3.78. The van der Waals surface area contributed by atoms with Crippen LogP contribution in [0.25, 0.3) is 11.6 Å². The second-order valence-corrected chi connectivity index (χ2v) is 6.97. The standard InChI is InChI=1S/C16H16ClN5O3S/c1-9(15(23)19-10-5-6-12(24-2)11(17)8-10)26-16-21-20-14(22(16)18)13-4-3-7-25-13/h3-9H,18H2,1-2H3,(H,19,23)/t9-/m1/s1. The van der Waals surface area contributed by atoms with Crippen LogP contribution in [0.3, 0.4) is 0 Å². The van der Waals surface area contributed by atoms with Crippen molar-refractivity contribution in [2.45, 2.75) is 17.3 Å². The minimum Gasteiger partial charge on any atom is -0.495 e. The van der Waals surface area contributed by atoms with Gasteiger partial charge in [0.1, 0.15) is 5.75 Å². The van der Waals surface area contributed by atoms with Crippen LogP contribution in [0.1, 0.15) is 6.92 Å². The fourth-order valence-electron chi connectivity index (χ4n) is 2.13. The van der Waals surface area contributed by atoms with Gasteiger partial charge in [-0.1, -0.05) is 23.4 Å². The zero-order chi connectivity index (χ0) is 18.7. The normalized spacial score (nSPS) is 12.0. The summed E-state index contributed by atoms with van der Waals surface area (Å²) < 4.78 is 11.6. The highest BCUT2D eigenvalue weighted by atomic mass is 35.5. The highest BCUT2D eigenvalue weighted by molar-refractivity contribution is 8.00. The zero-order valence-corrected chi connectivity index (χ0v) is 15.5. The van der Waals surface area contributed by atoms with Crippen LogP contribution in [-0.4, -0.2) is 33.1 Å². The van der Waals surface area contributed by atoms with Crippen molar-refractivity contribution < 1.29 is 13.9 Å². The summed E-state index contributed by atoms with van der Waals surface area (Å²) in [6.07, 6.45) is 1.52. The van der Waals surface area contributed by atoms with Gasteiger partial charge in [0.05, 0.1) is 23.6 Å². The number of nitrogen functional groups attached to an aromatic ring is 1. The molecule has 0 radical (unpaired) electrons. The topological polar surface area (TPSA) is 108 Å². The molecule has 0 aliphatic rings.